The monoisotopic (exact) mass is 1400 g/mol. The van der Waals surface area contributed by atoms with Gasteiger partial charge in [0.05, 0.1) is 146 Å². The topological polar surface area (TPSA) is 302 Å². The number of piperidine rings is 4. The van der Waals surface area contributed by atoms with Crippen LogP contribution in [0.2, 0.25) is 0 Å². The normalized spacial score (nSPS) is 27.0. The Balaban J connectivity index is 0.000000116. The van der Waals surface area contributed by atoms with Gasteiger partial charge in [0.1, 0.15) is 23.3 Å². The molecule has 96 heavy (non-hydrogen) atoms. The van der Waals surface area contributed by atoms with Crippen LogP contribution in [0.4, 0.5) is 17.6 Å². The van der Waals surface area contributed by atoms with E-state index >= 15 is 0 Å². The van der Waals surface area contributed by atoms with Crippen molar-refractivity contribution in [3.63, 3.8) is 0 Å². The van der Waals surface area contributed by atoms with Crippen LogP contribution in [0.15, 0.2) is 123 Å². The van der Waals surface area contributed by atoms with E-state index in [0.717, 1.165) is 92.3 Å². The zero-order valence-corrected chi connectivity index (χ0v) is 55.8. The number of aliphatic hydroxyl groups is 4. The summed E-state index contributed by atoms with van der Waals surface area (Å²) in [6.45, 7) is 1.83. The average molecular weight is 1410 g/mol. The van der Waals surface area contributed by atoms with Gasteiger partial charge in [-0.1, -0.05) is 24.3 Å². The van der Waals surface area contributed by atoms with Crippen LogP contribution in [-0.2, 0) is 40.1 Å². The number of hydrogen-bond acceptors (Lipinski definition) is 16. The molecular formula is C64H72F4N12O12S4. The molecule has 12 atom stereocenters. The number of benzene rings is 4. The molecule has 8 aliphatic heterocycles. The maximum Gasteiger partial charge on any atom is 0.211 e. The lowest BCUT2D eigenvalue weighted by Crippen LogP contribution is -2.48. The third-order valence-corrected chi connectivity index (χ3v) is 25.3. The summed E-state index contributed by atoms with van der Waals surface area (Å²) < 4.78 is 161. The summed E-state index contributed by atoms with van der Waals surface area (Å²) in [7, 11) is -13.3. The molecule has 12 heterocycles. The van der Waals surface area contributed by atoms with Crippen molar-refractivity contribution < 1.29 is 71.7 Å². The van der Waals surface area contributed by atoms with Gasteiger partial charge in [0.15, 0.2) is 0 Å². The second kappa shape index (κ2) is 25.7. The van der Waals surface area contributed by atoms with Gasteiger partial charge in [-0.15, -0.1) is 0 Å². The Morgan fingerprint density at radius 1 is 0.344 bits per heavy atom. The van der Waals surface area contributed by atoms with Gasteiger partial charge < -0.3 is 38.7 Å². The van der Waals surface area contributed by atoms with Crippen molar-refractivity contribution in [1.29, 1.82) is 0 Å². The summed E-state index contributed by atoms with van der Waals surface area (Å²) >= 11 is 0. The highest BCUT2D eigenvalue weighted by Crippen LogP contribution is 2.50. The SMILES string of the molecule is CS(=O)(=O)N1CCC(C2c3ccc(F)cc3-c3cncn32)C(O)C1.CS(=O)(=O)N1CC[C@@H]([C@H]2c3ccc(F)cc3-c3cncn32)[C@H](O)C1.CS(=O)(=O)N1CC[C@H]([C@@H]2c3ccc(F)cc3-c3cncn32)[C@@H](O)C1.CS(=O)(=O)N1CC[C@H]([C@H]2c3ccc(F)cc3-c3cncn32)[C@@H](O)C1. The molecule has 32 heteroatoms. The van der Waals surface area contributed by atoms with Crippen molar-refractivity contribution in [2.45, 2.75) is 74.3 Å². The van der Waals surface area contributed by atoms with E-state index < -0.39 is 64.5 Å². The van der Waals surface area contributed by atoms with Gasteiger partial charge in [0, 0.05) is 98.3 Å². The second-order valence-corrected chi connectivity index (χ2v) is 33.9. The minimum absolute atomic E-state index is 0.0839. The summed E-state index contributed by atoms with van der Waals surface area (Å²) in [5, 5.41) is 42.4. The van der Waals surface area contributed by atoms with Crippen molar-refractivity contribution >= 4 is 40.1 Å². The van der Waals surface area contributed by atoms with E-state index in [1.807, 2.05) is 18.3 Å². The largest absolute Gasteiger partial charge is 0.391 e. The van der Waals surface area contributed by atoms with Crippen molar-refractivity contribution in [1.82, 2.24) is 55.4 Å². The number of hydrogen-bond donors (Lipinski definition) is 4. The van der Waals surface area contributed by atoms with Gasteiger partial charge in [0.2, 0.25) is 40.1 Å². The van der Waals surface area contributed by atoms with E-state index in [1.54, 1.807) is 74.4 Å². The number of aromatic nitrogens is 8. The first-order chi connectivity index (χ1) is 45.4. The Morgan fingerprint density at radius 2 is 0.542 bits per heavy atom. The molecule has 0 bridgehead atoms. The molecule has 16 rings (SSSR count). The Morgan fingerprint density at radius 3 is 0.719 bits per heavy atom. The third kappa shape index (κ3) is 12.7. The van der Waals surface area contributed by atoms with Crippen molar-refractivity contribution in [2.75, 3.05) is 77.4 Å². The van der Waals surface area contributed by atoms with Crippen LogP contribution >= 0.6 is 0 Å². The number of nitrogens with zero attached hydrogens (tertiary/aromatic N) is 12. The molecule has 8 aromatic rings. The second-order valence-electron chi connectivity index (χ2n) is 26.0. The van der Waals surface area contributed by atoms with Crippen LogP contribution < -0.4 is 0 Å². The molecule has 24 nitrogen and oxygen atoms in total. The molecule has 0 amide bonds. The molecule has 4 aromatic heterocycles. The van der Waals surface area contributed by atoms with Gasteiger partial charge >= 0.3 is 0 Å². The van der Waals surface area contributed by atoms with Crippen LogP contribution in [0, 0.1) is 46.9 Å². The van der Waals surface area contributed by atoms with Gasteiger partial charge in [-0.3, -0.25) is 0 Å². The standard InChI is InChI=1S/4C16H18FN3O3S/c4*1-24(22,23)19-5-4-12(15(21)8-19)16-11-3-2-10(17)6-13(11)14-7-18-9-20(14)16/h4*2-3,6-7,9,12,15-16,21H,4-5,8H2,1H3/t12-,15-,16+;2*12-,15-,16-;/m010./s1. The number of imidazole rings is 4. The molecule has 4 N–H and O–H groups in total. The first-order valence-electron chi connectivity index (χ1n) is 31.2. The van der Waals surface area contributed by atoms with Crippen molar-refractivity contribution in [2.24, 2.45) is 23.7 Å². The summed E-state index contributed by atoms with van der Waals surface area (Å²) in [5.74, 6) is -1.84. The number of β-amino-alcohol motifs (C(OH)–C–C–N with tert-alkyl or cyclic N) is 4. The fraction of sp³-hybridized carbons (Fsp3) is 0.438. The minimum atomic E-state index is -3.32. The highest BCUT2D eigenvalue weighted by Gasteiger charge is 2.47. The smallest absolute Gasteiger partial charge is 0.211 e. The molecule has 4 aromatic carbocycles. The Kier molecular flexibility index (Phi) is 18.0. The summed E-state index contributed by atoms with van der Waals surface area (Å²) in [6, 6.07) is 18.0. The van der Waals surface area contributed by atoms with Crippen LogP contribution in [0.1, 0.15) is 72.1 Å². The summed E-state index contributed by atoms with van der Waals surface area (Å²) in [5.41, 5.74) is 10.3. The molecular weight excluding hydrogens is 1330 g/mol. The highest BCUT2D eigenvalue weighted by atomic mass is 32.2. The molecule has 8 aliphatic rings. The maximum atomic E-state index is 13.6. The Bertz CT molecular complexity index is 4170. The number of aliphatic hydroxyl groups excluding tert-OH is 4. The zero-order chi connectivity index (χ0) is 68.2. The maximum absolute atomic E-state index is 13.6. The molecule has 4 fully saturated rings. The van der Waals surface area contributed by atoms with Crippen LogP contribution in [0.3, 0.4) is 0 Å². The first-order valence-corrected chi connectivity index (χ1v) is 38.6. The highest BCUT2D eigenvalue weighted by molar-refractivity contribution is 7.89. The fourth-order valence-corrected chi connectivity index (χ4v) is 19.1. The predicted molar refractivity (Wildman–Crippen MR) is 345 cm³/mol. The fourth-order valence-electron chi connectivity index (χ4n) is 15.7. The van der Waals surface area contributed by atoms with E-state index in [-0.39, 0.29) is 97.3 Å². The molecule has 0 spiro atoms. The van der Waals surface area contributed by atoms with E-state index in [0.29, 0.717) is 51.9 Å². The predicted octanol–water partition coefficient (Wildman–Crippen LogP) is 4.94. The minimum Gasteiger partial charge on any atom is -0.391 e. The lowest BCUT2D eigenvalue weighted by molar-refractivity contribution is 0.0344. The summed E-state index contributed by atoms with van der Waals surface area (Å²) in [6.07, 6.45) is 17.1. The van der Waals surface area contributed by atoms with Gasteiger partial charge in [-0.25, -0.2) is 71.2 Å². The summed E-state index contributed by atoms with van der Waals surface area (Å²) in [4.78, 5) is 16.6. The number of rotatable bonds is 8. The van der Waals surface area contributed by atoms with Gasteiger partial charge in [0.25, 0.3) is 0 Å². The van der Waals surface area contributed by atoms with Crippen molar-refractivity contribution in [3.8, 4) is 45.0 Å². The van der Waals surface area contributed by atoms with Crippen LogP contribution in [-0.4, -0.2) is 211 Å². The first kappa shape index (κ1) is 67.5. The van der Waals surface area contributed by atoms with E-state index in [2.05, 4.69) is 19.9 Å². The van der Waals surface area contributed by atoms with E-state index in [1.165, 1.54) is 65.8 Å². The third-order valence-electron chi connectivity index (χ3n) is 20.2. The zero-order valence-electron chi connectivity index (χ0n) is 52.5. The van der Waals surface area contributed by atoms with E-state index in [4.69, 9.17) is 0 Å². The van der Waals surface area contributed by atoms with Crippen LogP contribution in [0.5, 0.6) is 0 Å². The molecule has 512 valence electrons. The van der Waals surface area contributed by atoms with Gasteiger partial charge in [-0.2, -0.15) is 17.2 Å². The van der Waals surface area contributed by atoms with Crippen LogP contribution in [0.25, 0.3) is 45.0 Å². The Labute approximate surface area is 552 Å². The molecule has 4 saturated heterocycles. The number of sulfonamides is 4. The van der Waals surface area contributed by atoms with Crippen molar-refractivity contribution in [3.05, 3.63) is 168 Å². The lowest BCUT2D eigenvalue weighted by Gasteiger charge is -2.38. The quantitative estimate of drug-likeness (QED) is 0.147. The number of halogens is 4. The average Bonchev–Trinajstić information content (AvgIpc) is 1.61. The molecule has 0 aliphatic carbocycles. The Hall–Kier alpha value is -7.08. The molecule has 0 radical (unpaired) electrons. The molecule has 3 unspecified atom stereocenters. The van der Waals surface area contributed by atoms with E-state index in [9.17, 15) is 71.7 Å². The molecule has 0 saturated carbocycles. The lowest BCUT2D eigenvalue weighted by atomic mass is 9.84. The number of fused-ring (bicyclic) bond motifs is 12. The van der Waals surface area contributed by atoms with Gasteiger partial charge in [-0.05, 0) is 96.5 Å².